The van der Waals surface area contributed by atoms with Gasteiger partial charge in [0.25, 0.3) is 0 Å². The maximum absolute atomic E-state index is 5.77. The third-order valence-electron chi connectivity index (χ3n) is 2.45. The van der Waals surface area contributed by atoms with E-state index in [4.69, 9.17) is 10.6 Å². The first-order valence-corrected chi connectivity index (χ1v) is 5.50. The van der Waals surface area contributed by atoms with Gasteiger partial charge in [-0.15, -0.1) is 12.4 Å². The molecule has 18 heavy (non-hydrogen) atoms. The number of aryl methyl sites for hydroxylation is 2. The third-order valence-corrected chi connectivity index (χ3v) is 2.45. The molecule has 0 aliphatic heterocycles. The van der Waals surface area contributed by atoms with Crippen molar-refractivity contribution in [2.45, 2.75) is 13.8 Å². The summed E-state index contributed by atoms with van der Waals surface area (Å²) in [5, 5.41) is 0. The van der Waals surface area contributed by atoms with E-state index in [9.17, 15) is 0 Å². The fourth-order valence-electron chi connectivity index (χ4n) is 1.75. The monoisotopic (exact) mass is 264 g/mol. The summed E-state index contributed by atoms with van der Waals surface area (Å²) in [4.78, 5) is 0. The second kappa shape index (κ2) is 6.28. The lowest BCUT2D eigenvalue weighted by molar-refractivity contribution is 0.482. The van der Waals surface area contributed by atoms with E-state index in [1.165, 1.54) is 11.1 Å². The van der Waals surface area contributed by atoms with E-state index in [0.29, 0.717) is 0 Å². The van der Waals surface area contributed by atoms with Gasteiger partial charge in [-0.2, -0.15) is 0 Å². The van der Waals surface area contributed by atoms with Gasteiger partial charge in [-0.25, -0.2) is 0 Å². The van der Waals surface area contributed by atoms with Gasteiger partial charge in [0, 0.05) is 5.69 Å². The molecule has 4 heteroatoms. The summed E-state index contributed by atoms with van der Waals surface area (Å²) >= 11 is 0. The predicted molar refractivity (Wildman–Crippen MR) is 77.5 cm³/mol. The molecule has 96 valence electrons. The normalized spacial score (nSPS) is 9.50. The zero-order chi connectivity index (χ0) is 12.3. The van der Waals surface area contributed by atoms with Gasteiger partial charge in [-0.05, 0) is 61.4 Å². The van der Waals surface area contributed by atoms with E-state index in [-0.39, 0.29) is 12.4 Å². The van der Waals surface area contributed by atoms with E-state index >= 15 is 0 Å². The zero-order valence-electron chi connectivity index (χ0n) is 10.4. The largest absolute Gasteiger partial charge is 0.457 e. The topological polar surface area (TPSA) is 47.3 Å². The van der Waals surface area contributed by atoms with Crippen LogP contribution in [-0.2, 0) is 0 Å². The summed E-state index contributed by atoms with van der Waals surface area (Å²) in [7, 11) is 0. The van der Waals surface area contributed by atoms with Crippen molar-refractivity contribution < 1.29 is 4.74 Å². The number of rotatable bonds is 3. The molecule has 0 fully saturated rings. The highest BCUT2D eigenvalue weighted by atomic mass is 35.5. The van der Waals surface area contributed by atoms with Crippen LogP contribution in [0.4, 0.5) is 5.69 Å². The summed E-state index contributed by atoms with van der Waals surface area (Å²) in [5.74, 6) is 6.96. The second-order valence-corrected chi connectivity index (χ2v) is 4.09. The highest BCUT2D eigenvalue weighted by Crippen LogP contribution is 2.24. The standard InChI is InChI=1S/C14H16N2O.ClH/c1-10-7-11(2)9-14(8-10)17-13-5-3-12(16-15)4-6-13;/h3-9,16H,15H2,1-2H3;1H. The lowest BCUT2D eigenvalue weighted by Gasteiger charge is -2.08. The molecule has 0 heterocycles. The number of ether oxygens (including phenoxy) is 1. The summed E-state index contributed by atoms with van der Waals surface area (Å²) in [6, 6.07) is 13.7. The molecule has 2 rings (SSSR count). The minimum atomic E-state index is 0. The van der Waals surface area contributed by atoms with Gasteiger partial charge in [0.15, 0.2) is 0 Å². The molecule has 0 aliphatic carbocycles. The highest BCUT2D eigenvalue weighted by molar-refractivity contribution is 5.85. The summed E-state index contributed by atoms with van der Waals surface area (Å²) < 4.78 is 5.77. The Hall–Kier alpha value is -1.71. The minimum absolute atomic E-state index is 0. The zero-order valence-corrected chi connectivity index (χ0v) is 11.3. The minimum Gasteiger partial charge on any atom is -0.457 e. The van der Waals surface area contributed by atoms with Crippen molar-refractivity contribution in [3.63, 3.8) is 0 Å². The average Bonchev–Trinajstić information content (AvgIpc) is 2.28. The average molecular weight is 265 g/mol. The first-order chi connectivity index (χ1) is 8.17. The van der Waals surface area contributed by atoms with Crippen LogP contribution >= 0.6 is 12.4 Å². The highest BCUT2D eigenvalue weighted by Gasteiger charge is 1.99. The number of nitrogen functional groups attached to an aromatic ring is 1. The van der Waals surface area contributed by atoms with Gasteiger partial charge in [0.2, 0.25) is 0 Å². The molecule has 0 atom stereocenters. The molecule has 0 spiro atoms. The van der Waals surface area contributed by atoms with Crippen LogP contribution in [-0.4, -0.2) is 0 Å². The number of hydrazine groups is 1. The Kier molecular flexibility index (Phi) is 5.01. The molecule has 0 amide bonds. The van der Waals surface area contributed by atoms with Crippen LogP contribution in [0, 0.1) is 13.8 Å². The first-order valence-electron chi connectivity index (χ1n) is 5.50. The van der Waals surface area contributed by atoms with Crippen molar-refractivity contribution in [2.24, 2.45) is 5.84 Å². The van der Waals surface area contributed by atoms with Crippen molar-refractivity contribution >= 4 is 18.1 Å². The Bertz CT molecular complexity index is 491. The predicted octanol–water partition coefficient (Wildman–Crippen LogP) is 3.80. The van der Waals surface area contributed by atoms with Gasteiger partial charge in [-0.1, -0.05) is 6.07 Å². The smallest absolute Gasteiger partial charge is 0.127 e. The van der Waals surface area contributed by atoms with Crippen molar-refractivity contribution in [3.05, 3.63) is 53.6 Å². The van der Waals surface area contributed by atoms with Crippen LogP contribution in [0.3, 0.4) is 0 Å². The first kappa shape index (κ1) is 14.4. The Morgan fingerprint density at radius 2 is 1.44 bits per heavy atom. The maximum atomic E-state index is 5.77. The molecule has 2 aromatic rings. The van der Waals surface area contributed by atoms with Gasteiger partial charge < -0.3 is 10.2 Å². The molecule has 0 saturated heterocycles. The van der Waals surface area contributed by atoms with Crippen molar-refractivity contribution in [1.29, 1.82) is 0 Å². The number of hydrogen-bond donors (Lipinski definition) is 2. The van der Waals surface area contributed by atoms with Gasteiger partial charge >= 0.3 is 0 Å². The molecule has 3 nitrogen and oxygen atoms in total. The fourth-order valence-corrected chi connectivity index (χ4v) is 1.75. The number of nitrogens with two attached hydrogens (primary N) is 1. The lowest BCUT2D eigenvalue weighted by Crippen LogP contribution is -2.05. The van der Waals surface area contributed by atoms with E-state index < -0.39 is 0 Å². The van der Waals surface area contributed by atoms with Crippen molar-refractivity contribution in [2.75, 3.05) is 5.43 Å². The Balaban J connectivity index is 0.00000162. The fraction of sp³-hybridized carbons (Fsp3) is 0.143. The van der Waals surface area contributed by atoms with Crippen molar-refractivity contribution in [3.8, 4) is 11.5 Å². The Morgan fingerprint density at radius 3 is 1.94 bits per heavy atom. The molecule has 2 aromatic carbocycles. The summed E-state index contributed by atoms with van der Waals surface area (Å²) in [6.45, 7) is 4.11. The van der Waals surface area contributed by atoms with Crippen molar-refractivity contribution in [1.82, 2.24) is 0 Å². The van der Waals surface area contributed by atoms with E-state index in [1.807, 2.05) is 36.4 Å². The SMILES string of the molecule is Cc1cc(C)cc(Oc2ccc(NN)cc2)c1.Cl. The van der Waals surface area contributed by atoms with Crippen LogP contribution in [0.25, 0.3) is 0 Å². The van der Waals surface area contributed by atoms with Crippen LogP contribution < -0.4 is 16.0 Å². The molecular weight excluding hydrogens is 248 g/mol. The van der Waals surface area contributed by atoms with E-state index in [0.717, 1.165) is 17.2 Å². The quantitative estimate of drug-likeness (QED) is 0.655. The van der Waals surface area contributed by atoms with E-state index in [2.05, 4.69) is 25.3 Å². The van der Waals surface area contributed by atoms with Crippen LogP contribution in [0.5, 0.6) is 11.5 Å². The molecule has 0 aromatic heterocycles. The molecule has 3 N–H and O–H groups in total. The number of hydrogen-bond acceptors (Lipinski definition) is 3. The molecular formula is C14H17ClN2O. The number of nitrogens with one attached hydrogen (secondary N) is 1. The molecule has 0 unspecified atom stereocenters. The number of anilines is 1. The Morgan fingerprint density at radius 1 is 0.889 bits per heavy atom. The Labute approximate surface area is 113 Å². The van der Waals surface area contributed by atoms with Crippen LogP contribution in [0.1, 0.15) is 11.1 Å². The molecule has 0 bridgehead atoms. The third kappa shape index (κ3) is 3.65. The molecule has 0 saturated carbocycles. The maximum Gasteiger partial charge on any atom is 0.127 e. The summed E-state index contributed by atoms with van der Waals surface area (Å²) in [5.41, 5.74) is 5.83. The van der Waals surface area contributed by atoms with Gasteiger partial charge in [-0.3, -0.25) is 5.84 Å². The second-order valence-electron chi connectivity index (χ2n) is 4.09. The molecule has 0 aliphatic rings. The van der Waals surface area contributed by atoms with Gasteiger partial charge in [0.1, 0.15) is 11.5 Å². The lowest BCUT2D eigenvalue weighted by atomic mass is 10.1. The van der Waals surface area contributed by atoms with Gasteiger partial charge in [0.05, 0.1) is 0 Å². The van der Waals surface area contributed by atoms with Crippen LogP contribution in [0.15, 0.2) is 42.5 Å². The van der Waals surface area contributed by atoms with E-state index in [1.54, 1.807) is 0 Å². The molecule has 0 radical (unpaired) electrons. The number of halogens is 1. The van der Waals surface area contributed by atoms with Crippen LogP contribution in [0.2, 0.25) is 0 Å². The number of benzene rings is 2. The summed E-state index contributed by atoms with van der Waals surface area (Å²) in [6.07, 6.45) is 0.